The lowest BCUT2D eigenvalue weighted by Crippen LogP contribution is -2.46. The SMILES string of the molecule is CC(C)CN=C(N)NCC1CCCOC1C(C)(C)C. The third-order valence-corrected chi connectivity index (χ3v) is 3.47. The minimum Gasteiger partial charge on any atom is -0.377 e. The molecule has 112 valence electrons. The van der Waals surface area contributed by atoms with E-state index < -0.39 is 0 Å². The molecule has 4 heteroatoms. The van der Waals surface area contributed by atoms with Crippen LogP contribution < -0.4 is 11.1 Å². The highest BCUT2D eigenvalue weighted by atomic mass is 16.5. The van der Waals surface area contributed by atoms with E-state index in [0.717, 1.165) is 26.1 Å². The van der Waals surface area contributed by atoms with E-state index in [-0.39, 0.29) is 5.41 Å². The molecule has 0 aromatic carbocycles. The van der Waals surface area contributed by atoms with Gasteiger partial charge in [0.05, 0.1) is 6.10 Å². The zero-order chi connectivity index (χ0) is 14.5. The average Bonchev–Trinajstić information content (AvgIpc) is 2.33. The van der Waals surface area contributed by atoms with Crippen molar-refractivity contribution in [3.05, 3.63) is 0 Å². The average molecular weight is 269 g/mol. The summed E-state index contributed by atoms with van der Waals surface area (Å²) in [4.78, 5) is 4.34. The van der Waals surface area contributed by atoms with Gasteiger partial charge in [0.1, 0.15) is 0 Å². The monoisotopic (exact) mass is 269 g/mol. The first kappa shape index (κ1) is 16.3. The fraction of sp³-hybridized carbons (Fsp3) is 0.933. The lowest BCUT2D eigenvalue weighted by atomic mass is 9.78. The van der Waals surface area contributed by atoms with Gasteiger partial charge in [0.2, 0.25) is 0 Å². The van der Waals surface area contributed by atoms with Crippen molar-refractivity contribution in [2.45, 2.75) is 53.6 Å². The molecular weight excluding hydrogens is 238 g/mol. The van der Waals surface area contributed by atoms with Crippen LogP contribution in [0.25, 0.3) is 0 Å². The third-order valence-electron chi connectivity index (χ3n) is 3.47. The molecular formula is C15H31N3O. The zero-order valence-corrected chi connectivity index (χ0v) is 13.2. The Hall–Kier alpha value is -0.770. The molecule has 0 bridgehead atoms. The Morgan fingerprint density at radius 1 is 1.42 bits per heavy atom. The molecule has 1 aliphatic rings. The van der Waals surface area contributed by atoms with Gasteiger partial charge in [-0.15, -0.1) is 0 Å². The third kappa shape index (κ3) is 5.81. The minimum absolute atomic E-state index is 0.177. The predicted octanol–water partition coefficient (Wildman–Crippen LogP) is 2.39. The van der Waals surface area contributed by atoms with E-state index in [1.807, 2.05) is 0 Å². The Morgan fingerprint density at radius 3 is 2.68 bits per heavy atom. The molecule has 0 aromatic heterocycles. The number of hydrogen-bond acceptors (Lipinski definition) is 2. The van der Waals surface area contributed by atoms with Crippen molar-refractivity contribution < 1.29 is 4.74 Å². The number of nitrogens with two attached hydrogens (primary N) is 1. The summed E-state index contributed by atoms with van der Waals surface area (Å²) < 4.78 is 5.96. The minimum atomic E-state index is 0.177. The maximum Gasteiger partial charge on any atom is 0.188 e. The van der Waals surface area contributed by atoms with Gasteiger partial charge in [-0.25, -0.2) is 0 Å². The molecule has 3 N–H and O–H groups in total. The van der Waals surface area contributed by atoms with Gasteiger partial charge in [-0.05, 0) is 24.2 Å². The van der Waals surface area contributed by atoms with Gasteiger partial charge in [0.25, 0.3) is 0 Å². The van der Waals surface area contributed by atoms with Crippen LogP contribution in [0.5, 0.6) is 0 Å². The normalized spacial score (nSPS) is 25.7. The Balaban J connectivity index is 2.47. The fourth-order valence-corrected chi connectivity index (χ4v) is 2.58. The highest BCUT2D eigenvalue weighted by Gasteiger charge is 2.35. The Labute approximate surface area is 118 Å². The van der Waals surface area contributed by atoms with Crippen molar-refractivity contribution in [3.8, 4) is 0 Å². The summed E-state index contributed by atoms with van der Waals surface area (Å²) in [5, 5.41) is 3.26. The number of aliphatic imine (C=N–C) groups is 1. The highest BCUT2D eigenvalue weighted by molar-refractivity contribution is 5.77. The molecule has 0 amide bonds. The summed E-state index contributed by atoms with van der Waals surface area (Å²) >= 11 is 0. The first-order valence-electron chi connectivity index (χ1n) is 7.46. The second-order valence-corrected chi connectivity index (χ2v) is 7.06. The van der Waals surface area contributed by atoms with Gasteiger partial charge in [0, 0.05) is 25.6 Å². The van der Waals surface area contributed by atoms with Crippen molar-refractivity contribution in [2.75, 3.05) is 19.7 Å². The molecule has 4 nitrogen and oxygen atoms in total. The topological polar surface area (TPSA) is 59.6 Å². The van der Waals surface area contributed by atoms with Crippen LogP contribution in [-0.2, 0) is 4.74 Å². The van der Waals surface area contributed by atoms with Crippen LogP contribution in [0.1, 0.15) is 47.5 Å². The molecule has 0 radical (unpaired) electrons. The molecule has 1 rings (SSSR count). The molecule has 19 heavy (non-hydrogen) atoms. The van der Waals surface area contributed by atoms with E-state index in [1.54, 1.807) is 0 Å². The van der Waals surface area contributed by atoms with Gasteiger partial charge in [-0.2, -0.15) is 0 Å². The van der Waals surface area contributed by atoms with E-state index >= 15 is 0 Å². The number of hydrogen-bond donors (Lipinski definition) is 2. The molecule has 1 saturated heterocycles. The van der Waals surface area contributed by atoms with E-state index in [2.05, 4.69) is 44.9 Å². The predicted molar refractivity (Wildman–Crippen MR) is 81.2 cm³/mol. The largest absolute Gasteiger partial charge is 0.377 e. The molecule has 0 aliphatic carbocycles. The lowest BCUT2D eigenvalue weighted by molar-refractivity contribution is -0.0835. The van der Waals surface area contributed by atoms with Gasteiger partial charge >= 0.3 is 0 Å². The summed E-state index contributed by atoms with van der Waals surface area (Å²) in [6.45, 7) is 13.5. The van der Waals surface area contributed by atoms with Gasteiger partial charge in [0.15, 0.2) is 5.96 Å². The molecule has 1 aliphatic heterocycles. The first-order valence-corrected chi connectivity index (χ1v) is 7.46. The highest BCUT2D eigenvalue weighted by Crippen LogP contribution is 2.33. The van der Waals surface area contributed by atoms with Crippen LogP contribution >= 0.6 is 0 Å². The van der Waals surface area contributed by atoms with Gasteiger partial charge in [-0.1, -0.05) is 34.6 Å². The number of guanidine groups is 1. The van der Waals surface area contributed by atoms with E-state index in [4.69, 9.17) is 10.5 Å². The van der Waals surface area contributed by atoms with Crippen molar-refractivity contribution >= 4 is 5.96 Å². The van der Waals surface area contributed by atoms with Crippen LogP contribution in [0.15, 0.2) is 4.99 Å². The number of nitrogens with zero attached hydrogens (tertiary/aromatic N) is 1. The molecule has 1 heterocycles. The number of rotatable bonds is 4. The van der Waals surface area contributed by atoms with Gasteiger partial charge < -0.3 is 15.8 Å². The summed E-state index contributed by atoms with van der Waals surface area (Å²) in [7, 11) is 0. The summed E-state index contributed by atoms with van der Waals surface area (Å²) in [6.07, 6.45) is 2.64. The van der Waals surface area contributed by atoms with Crippen LogP contribution in [0, 0.1) is 17.3 Å². The Kier molecular flexibility index (Phi) is 6.11. The van der Waals surface area contributed by atoms with Crippen molar-refractivity contribution in [1.29, 1.82) is 0 Å². The summed E-state index contributed by atoms with van der Waals surface area (Å²) in [5.41, 5.74) is 6.07. The van der Waals surface area contributed by atoms with Crippen LogP contribution in [0.3, 0.4) is 0 Å². The smallest absolute Gasteiger partial charge is 0.188 e. The maximum absolute atomic E-state index is 5.96. The molecule has 0 aromatic rings. The summed E-state index contributed by atoms with van der Waals surface area (Å²) in [5.74, 6) is 1.62. The van der Waals surface area contributed by atoms with Crippen LogP contribution in [0.2, 0.25) is 0 Å². The zero-order valence-electron chi connectivity index (χ0n) is 13.2. The van der Waals surface area contributed by atoms with E-state index in [1.165, 1.54) is 6.42 Å². The fourth-order valence-electron chi connectivity index (χ4n) is 2.58. The van der Waals surface area contributed by atoms with E-state index in [0.29, 0.717) is 23.9 Å². The lowest BCUT2D eigenvalue weighted by Gasteiger charge is -2.40. The Morgan fingerprint density at radius 2 is 2.11 bits per heavy atom. The molecule has 0 saturated carbocycles. The van der Waals surface area contributed by atoms with Crippen LogP contribution in [-0.4, -0.2) is 31.8 Å². The first-order chi connectivity index (χ1) is 8.80. The maximum atomic E-state index is 5.96. The number of ether oxygens (including phenoxy) is 1. The van der Waals surface area contributed by atoms with E-state index in [9.17, 15) is 0 Å². The van der Waals surface area contributed by atoms with Crippen molar-refractivity contribution in [2.24, 2.45) is 28.0 Å². The molecule has 1 fully saturated rings. The Bertz CT molecular complexity index is 294. The standard InChI is InChI=1S/C15H31N3O/c1-11(2)9-17-14(16)18-10-12-7-6-8-19-13(12)15(3,4)5/h11-13H,6-10H2,1-5H3,(H3,16,17,18). The van der Waals surface area contributed by atoms with Crippen molar-refractivity contribution in [1.82, 2.24) is 5.32 Å². The second-order valence-electron chi connectivity index (χ2n) is 7.06. The molecule has 0 spiro atoms. The van der Waals surface area contributed by atoms with Gasteiger partial charge in [-0.3, -0.25) is 4.99 Å². The van der Waals surface area contributed by atoms with Crippen molar-refractivity contribution in [3.63, 3.8) is 0 Å². The summed E-state index contributed by atoms with van der Waals surface area (Å²) in [6, 6.07) is 0. The molecule has 2 atom stereocenters. The molecule has 2 unspecified atom stereocenters. The second kappa shape index (κ2) is 7.13. The number of nitrogens with one attached hydrogen (secondary N) is 1. The quantitative estimate of drug-likeness (QED) is 0.608. The van der Waals surface area contributed by atoms with Crippen LogP contribution in [0.4, 0.5) is 0 Å².